The molecule has 7 heteroatoms. The van der Waals surface area contributed by atoms with E-state index in [4.69, 9.17) is 9.47 Å². The van der Waals surface area contributed by atoms with E-state index in [0.717, 1.165) is 10.0 Å². The molecule has 0 saturated carbocycles. The number of carbonyl (C=O) groups is 2. The van der Waals surface area contributed by atoms with Crippen molar-refractivity contribution in [3.8, 4) is 11.5 Å². The van der Waals surface area contributed by atoms with Crippen molar-refractivity contribution in [3.05, 3.63) is 52.0 Å². The molecular formula is C21H25BrN2O4. The first-order valence-corrected chi connectivity index (χ1v) is 9.84. The van der Waals surface area contributed by atoms with Gasteiger partial charge in [-0.05, 0) is 55.8 Å². The summed E-state index contributed by atoms with van der Waals surface area (Å²) in [7, 11) is 3.40. The molecule has 0 aliphatic carbocycles. The second-order valence-electron chi connectivity index (χ2n) is 6.26. The zero-order valence-electron chi connectivity index (χ0n) is 16.5. The largest absolute Gasteiger partial charge is 0.490 e. The van der Waals surface area contributed by atoms with Crippen molar-refractivity contribution in [2.45, 2.75) is 20.3 Å². The average Bonchev–Trinajstić information content (AvgIpc) is 2.65. The van der Waals surface area contributed by atoms with Gasteiger partial charge in [0.05, 0.1) is 19.6 Å². The van der Waals surface area contributed by atoms with Gasteiger partial charge < -0.3 is 19.7 Å². The Kier molecular flexibility index (Phi) is 7.87. The fourth-order valence-electron chi connectivity index (χ4n) is 2.58. The highest BCUT2D eigenvalue weighted by Crippen LogP contribution is 2.34. The van der Waals surface area contributed by atoms with Gasteiger partial charge in [-0.25, -0.2) is 0 Å². The zero-order valence-corrected chi connectivity index (χ0v) is 18.1. The first-order chi connectivity index (χ1) is 13.3. The minimum absolute atomic E-state index is 0.0837. The molecule has 2 amide bonds. The number of halogens is 1. The summed E-state index contributed by atoms with van der Waals surface area (Å²) >= 11 is 3.50. The highest BCUT2D eigenvalue weighted by Gasteiger charge is 2.14. The van der Waals surface area contributed by atoms with Crippen LogP contribution in [0.2, 0.25) is 0 Å². The van der Waals surface area contributed by atoms with Crippen molar-refractivity contribution in [2.24, 2.45) is 0 Å². The van der Waals surface area contributed by atoms with E-state index in [1.165, 1.54) is 4.90 Å². The average molecular weight is 449 g/mol. The molecule has 0 aliphatic rings. The van der Waals surface area contributed by atoms with Gasteiger partial charge in [-0.3, -0.25) is 9.59 Å². The molecule has 28 heavy (non-hydrogen) atoms. The lowest BCUT2D eigenvalue weighted by molar-refractivity contribution is -0.115. The maximum atomic E-state index is 12.5. The van der Waals surface area contributed by atoms with Gasteiger partial charge in [-0.15, -0.1) is 0 Å². The first-order valence-electron chi connectivity index (χ1n) is 9.05. The highest BCUT2D eigenvalue weighted by atomic mass is 79.9. The predicted molar refractivity (Wildman–Crippen MR) is 113 cm³/mol. The summed E-state index contributed by atoms with van der Waals surface area (Å²) in [5.74, 6) is 1.00. The van der Waals surface area contributed by atoms with Crippen LogP contribution in [0.3, 0.4) is 0 Å². The smallest absolute Gasteiger partial charge is 0.253 e. The van der Waals surface area contributed by atoms with E-state index in [2.05, 4.69) is 21.2 Å². The minimum atomic E-state index is -0.168. The van der Waals surface area contributed by atoms with E-state index in [-0.39, 0.29) is 18.2 Å². The van der Waals surface area contributed by atoms with Crippen LogP contribution in [-0.4, -0.2) is 44.0 Å². The van der Waals surface area contributed by atoms with Gasteiger partial charge in [0.2, 0.25) is 5.91 Å². The van der Waals surface area contributed by atoms with Gasteiger partial charge in [0.1, 0.15) is 0 Å². The van der Waals surface area contributed by atoms with Gasteiger partial charge in [0, 0.05) is 29.8 Å². The number of benzene rings is 2. The number of carbonyl (C=O) groups excluding carboxylic acids is 2. The van der Waals surface area contributed by atoms with Crippen LogP contribution in [0.15, 0.2) is 40.9 Å². The molecule has 0 spiro atoms. The van der Waals surface area contributed by atoms with E-state index in [1.54, 1.807) is 38.4 Å². The number of rotatable bonds is 8. The SMILES string of the molecule is CCOc1cc(Br)c(CC(=O)Nc2ccc(C(=O)N(C)C)cc2)cc1OCC. The van der Waals surface area contributed by atoms with E-state index in [1.807, 2.05) is 26.0 Å². The number of hydrogen-bond donors (Lipinski definition) is 1. The Bertz CT molecular complexity index is 835. The molecule has 0 unspecified atom stereocenters. The van der Waals surface area contributed by atoms with Crippen LogP contribution in [0.1, 0.15) is 29.8 Å². The Morgan fingerprint density at radius 1 is 1.00 bits per heavy atom. The Hall–Kier alpha value is -2.54. The van der Waals surface area contributed by atoms with E-state index in [0.29, 0.717) is 36.0 Å². The summed E-state index contributed by atoms with van der Waals surface area (Å²) in [5.41, 5.74) is 2.00. The summed E-state index contributed by atoms with van der Waals surface area (Å²) < 4.78 is 12.0. The van der Waals surface area contributed by atoms with E-state index in [9.17, 15) is 9.59 Å². The van der Waals surface area contributed by atoms with Crippen LogP contribution in [0.5, 0.6) is 11.5 Å². The van der Waals surface area contributed by atoms with Crippen molar-refractivity contribution in [2.75, 3.05) is 32.6 Å². The number of ether oxygens (including phenoxy) is 2. The number of amides is 2. The Morgan fingerprint density at radius 3 is 2.11 bits per heavy atom. The van der Waals surface area contributed by atoms with Crippen molar-refractivity contribution in [3.63, 3.8) is 0 Å². The normalized spacial score (nSPS) is 10.3. The molecule has 0 bridgehead atoms. The molecule has 0 heterocycles. The lowest BCUT2D eigenvalue weighted by atomic mass is 10.1. The number of nitrogens with one attached hydrogen (secondary N) is 1. The fourth-order valence-corrected chi connectivity index (χ4v) is 3.04. The molecule has 0 aliphatic heterocycles. The van der Waals surface area contributed by atoms with Gasteiger partial charge in [0.25, 0.3) is 5.91 Å². The molecule has 0 fully saturated rings. The molecular weight excluding hydrogens is 424 g/mol. The third-order valence-electron chi connectivity index (χ3n) is 3.89. The number of anilines is 1. The highest BCUT2D eigenvalue weighted by molar-refractivity contribution is 9.10. The Balaban J connectivity index is 2.10. The molecule has 2 aromatic rings. The van der Waals surface area contributed by atoms with Crippen LogP contribution in [0, 0.1) is 0 Å². The molecule has 0 aromatic heterocycles. The zero-order chi connectivity index (χ0) is 20.7. The molecule has 0 atom stereocenters. The molecule has 2 aromatic carbocycles. The minimum Gasteiger partial charge on any atom is -0.490 e. The third kappa shape index (κ3) is 5.73. The summed E-state index contributed by atoms with van der Waals surface area (Å²) in [6.07, 6.45) is 0.172. The van der Waals surface area contributed by atoms with E-state index >= 15 is 0 Å². The first kappa shape index (κ1) is 21.8. The topological polar surface area (TPSA) is 67.9 Å². The number of hydrogen-bond acceptors (Lipinski definition) is 4. The molecule has 2 rings (SSSR count). The number of nitrogens with zero attached hydrogens (tertiary/aromatic N) is 1. The van der Waals surface area contributed by atoms with Gasteiger partial charge in [-0.1, -0.05) is 15.9 Å². The van der Waals surface area contributed by atoms with Crippen LogP contribution < -0.4 is 14.8 Å². The molecule has 0 saturated heterocycles. The van der Waals surface area contributed by atoms with Gasteiger partial charge in [-0.2, -0.15) is 0 Å². The molecule has 0 radical (unpaired) electrons. The van der Waals surface area contributed by atoms with E-state index < -0.39 is 0 Å². The monoisotopic (exact) mass is 448 g/mol. The second-order valence-corrected chi connectivity index (χ2v) is 7.11. The van der Waals surface area contributed by atoms with Crippen LogP contribution in [-0.2, 0) is 11.2 Å². The molecule has 1 N–H and O–H groups in total. The second kappa shape index (κ2) is 10.1. The molecule has 150 valence electrons. The molecule has 6 nitrogen and oxygen atoms in total. The Morgan fingerprint density at radius 2 is 1.57 bits per heavy atom. The third-order valence-corrected chi connectivity index (χ3v) is 4.62. The van der Waals surface area contributed by atoms with Gasteiger partial charge in [0.15, 0.2) is 11.5 Å². The van der Waals surface area contributed by atoms with Crippen molar-refractivity contribution < 1.29 is 19.1 Å². The summed E-state index contributed by atoms with van der Waals surface area (Å²) in [4.78, 5) is 25.9. The van der Waals surface area contributed by atoms with Crippen LogP contribution in [0.4, 0.5) is 5.69 Å². The lowest BCUT2D eigenvalue weighted by Gasteiger charge is -2.14. The Labute approximate surface area is 174 Å². The van der Waals surface area contributed by atoms with Crippen LogP contribution in [0.25, 0.3) is 0 Å². The van der Waals surface area contributed by atoms with Crippen molar-refractivity contribution >= 4 is 33.4 Å². The standard InChI is InChI=1S/C21H25BrN2O4/c1-5-27-18-11-15(17(22)13-19(18)28-6-2)12-20(25)23-16-9-7-14(8-10-16)21(26)24(3)4/h7-11,13H,5-6,12H2,1-4H3,(H,23,25). The summed E-state index contributed by atoms with van der Waals surface area (Å²) in [5, 5.41) is 2.85. The van der Waals surface area contributed by atoms with Crippen molar-refractivity contribution in [1.29, 1.82) is 0 Å². The maximum Gasteiger partial charge on any atom is 0.253 e. The predicted octanol–water partition coefficient (Wildman–Crippen LogP) is 4.13. The van der Waals surface area contributed by atoms with Gasteiger partial charge >= 0.3 is 0 Å². The lowest BCUT2D eigenvalue weighted by Crippen LogP contribution is -2.21. The van der Waals surface area contributed by atoms with Crippen molar-refractivity contribution in [1.82, 2.24) is 4.90 Å². The quantitative estimate of drug-likeness (QED) is 0.658. The summed E-state index contributed by atoms with van der Waals surface area (Å²) in [6.45, 7) is 4.83. The van der Waals surface area contributed by atoms with Crippen LogP contribution >= 0.6 is 15.9 Å². The fraction of sp³-hybridized carbons (Fsp3) is 0.333. The summed E-state index contributed by atoms with van der Waals surface area (Å²) in [6, 6.07) is 10.5. The maximum absolute atomic E-state index is 12.5.